The van der Waals surface area contributed by atoms with E-state index in [-0.39, 0.29) is 6.16 Å². The van der Waals surface area contributed by atoms with E-state index in [1.165, 1.54) is 14.2 Å². The summed E-state index contributed by atoms with van der Waals surface area (Å²) >= 11 is 3.41. The maximum atomic E-state index is 12.2. The van der Waals surface area contributed by atoms with Gasteiger partial charge in [0.05, 0.1) is 17.4 Å². The van der Waals surface area contributed by atoms with Crippen molar-refractivity contribution in [2.45, 2.75) is 11.5 Å². The molecular formula is C13H15BrNO3P. The molecule has 19 heavy (non-hydrogen) atoms. The van der Waals surface area contributed by atoms with Crippen molar-refractivity contribution in [2.24, 2.45) is 0 Å². The lowest BCUT2D eigenvalue weighted by Crippen LogP contribution is -2.00. The molecule has 4 nitrogen and oxygen atoms in total. The number of alkyl halides is 1. The molecule has 0 aliphatic rings. The van der Waals surface area contributed by atoms with Crippen LogP contribution in [-0.2, 0) is 25.1 Å². The predicted octanol–water partition coefficient (Wildman–Crippen LogP) is 4.12. The SMILES string of the molecule is COP(=O)(Cc1cc2ccccc2nc1CBr)OC. The van der Waals surface area contributed by atoms with Crippen molar-refractivity contribution in [2.75, 3.05) is 14.2 Å². The van der Waals surface area contributed by atoms with E-state index in [0.29, 0.717) is 5.33 Å². The van der Waals surface area contributed by atoms with E-state index in [0.717, 1.165) is 22.2 Å². The molecule has 1 aromatic heterocycles. The van der Waals surface area contributed by atoms with E-state index in [2.05, 4.69) is 20.9 Å². The maximum Gasteiger partial charge on any atom is 0.334 e. The van der Waals surface area contributed by atoms with Gasteiger partial charge in [-0.3, -0.25) is 9.55 Å². The molecule has 6 heteroatoms. The van der Waals surface area contributed by atoms with Crippen LogP contribution in [0.3, 0.4) is 0 Å². The van der Waals surface area contributed by atoms with Crippen LogP contribution >= 0.6 is 23.5 Å². The van der Waals surface area contributed by atoms with Gasteiger partial charge in [-0.15, -0.1) is 0 Å². The molecule has 0 unspecified atom stereocenters. The first kappa shape index (κ1) is 14.7. The van der Waals surface area contributed by atoms with E-state index in [9.17, 15) is 4.57 Å². The summed E-state index contributed by atoms with van der Waals surface area (Å²) < 4.78 is 22.2. The number of fused-ring (bicyclic) bond motifs is 1. The predicted molar refractivity (Wildman–Crippen MR) is 79.7 cm³/mol. The molecule has 0 radical (unpaired) electrons. The Morgan fingerprint density at radius 2 is 1.95 bits per heavy atom. The lowest BCUT2D eigenvalue weighted by Gasteiger charge is -2.15. The summed E-state index contributed by atoms with van der Waals surface area (Å²) in [5.74, 6) is 0. The topological polar surface area (TPSA) is 48.4 Å². The monoisotopic (exact) mass is 343 g/mol. The van der Waals surface area contributed by atoms with Gasteiger partial charge in [0.2, 0.25) is 0 Å². The Balaban J connectivity index is 2.49. The number of hydrogen-bond acceptors (Lipinski definition) is 4. The van der Waals surface area contributed by atoms with Gasteiger partial charge in [0, 0.05) is 24.9 Å². The average Bonchev–Trinajstić information content (AvgIpc) is 2.46. The van der Waals surface area contributed by atoms with Gasteiger partial charge >= 0.3 is 7.60 Å². The van der Waals surface area contributed by atoms with Gasteiger partial charge < -0.3 is 9.05 Å². The molecule has 0 spiro atoms. The van der Waals surface area contributed by atoms with Crippen LogP contribution in [0.5, 0.6) is 0 Å². The summed E-state index contributed by atoms with van der Waals surface area (Å²) in [4.78, 5) is 4.57. The number of para-hydroxylation sites is 1. The van der Waals surface area contributed by atoms with Crippen LogP contribution in [0.25, 0.3) is 10.9 Å². The van der Waals surface area contributed by atoms with Crippen LogP contribution in [-0.4, -0.2) is 19.2 Å². The number of halogens is 1. The second-order valence-electron chi connectivity index (χ2n) is 4.05. The first-order valence-electron chi connectivity index (χ1n) is 5.76. The van der Waals surface area contributed by atoms with Crippen molar-refractivity contribution in [3.05, 3.63) is 41.6 Å². The minimum atomic E-state index is -3.08. The molecule has 102 valence electrons. The van der Waals surface area contributed by atoms with Crippen molar-refractivity contribution in [1.82, 2.24) is 4.98 Å². The minimum absolute atomic E-state index is 0.221. The molecule has 0 atom stereocenters. The lowest BCUT2D eigenvalue weighted by molar-refractivity contribution is 0.274. The van der Waals surface area contributed by atoms with Crippen LogP contribution < -0.4 is 0 Å². The van der Waals surface area contributed by atoms with E-state index < -0.39 is 7.60 Å². The average molecular weight is 344 g/mol. The highest BCUT2D eigenvalue weighted by molar-refractivity contribution is 9.08. The summed E-state index contributed by atoms with van der Waals surface area (Å²) in [6, 6.07) is 9.82. The molecule has 1 aromatic carbocycles. The normalized spacial score (nSPS) is 11.9. The van der Waals surface area contributed by atoms with Crippen molar-refractivity contribution in [3.63, 3.8) is 0 Å². The Labute approximate surface area is 120 Å². The Hall–Kier alpha value is -0.740. The summed E-state index contributed by atoms with van der Waals surface area (Å²) in [6.45, 7) is 0. The largest absolute Gasteiger partial charge is 0.334 e. The number of hydrogen-bond donors (Lipinski definition) is 0. The number of benzene rings is 1. The zero-order valence-electron chi connectivity index (χ0n) is 10.8. The third-order valence-electron chi connectivity index (χ3n) is 2.94. The summed E-state index contributed by atoms with van der Waals surface area (Å²) in [5.41, 5.74) is 2.65. The second-order valence-corrected chi connectivity index (χ2v) is 6.88. The van der Waals surface area contributed by atoms with Gasteiger partial charge in [-0.1, -0.05) is 34.1 Å². The molecule has 0 amide bonds. The highest BCUT2D eigenvalue weighted by atomic mass is 79.9. The Bertz CT molecular complexity index is 624. The van der Waals surface area contributed by atoms with Crippen molar-refractivity contribution >= 4 is 34.4 Å². The van der Waals surface area contributed by atoms with Crippen LogP contribution in [0.4, 0.5) is 0 Å². The fourth-order valence-corrected chi connectivity index (χ4v) is 3.45. The smallest absolute Gasteiger partial charge is 0.312 e. The maximum absolute atomic E-state index is 12.2. The molecule has 0 saturated heterocycles. The van der Waals surface area contributed by atoms with Crippen LogP contribution in [0.15, 0.2) is 30.3 Å². The third-order valence-corrected chi connectivity index (χ3v) is 5.31. The molecule has 0 fully saturated rings. The van der Waals surface area contributed by atoms with Crippen LogP contribution in [0.2, 0.25) is 0 Å². The first-order valence-corrected chi connectivity index (χ1v) is 8.61. The fourth-order valence-electron chi connectivity index (χ4n) is 1.86. The Kier molecular flexibility index (Phi) is 4.74. The highest BCUT2D eigenvalue weighted by Gasteiger charge is 2.23. The highest BCUT2D eigenvalue weighted by Crippen LogP contribution is 2.50. The molecule has 0 N–H and O–H groups in total. The van der Waals surface area contributed by atoms with Gasteiger partial charge in [-0.05, 0) is 17.7 Å². The quantitative estimate of drug-likeness (QED) is 0.605. The third kappa shape index (κ3) is 3.23. The Morgan fingerprint density at radius 3 is 2.58 bits per heavy atom. The van der Waals surface area contributed by atoms with E-state index in [4.69, 9.17) is 9.05 Å². The fraction of sp³-hybridized carbons (Fsp3) is 0.308. The van der Waals surface area contributed by atoms with E-state index in [1.54, 1.807) is 0 Å². The van der Waals surface area contributed by atoms with Gasteiger partial charge in [0.1, 0.15) is 0 Å². The molecule has 1 heterocycles. The van der Waals surface area contributed by atoms with Crippen LogP contribution in [0, 0.1) is 0 Å². The van der Waals surface area contributed by atoms with Gasteiger partial charge in [-0.25, -0.2) is 0 Å². The van der Waals surface area contributed by atoms with Gasteiger partial charge in [0.15, 0.2) is 0 Å². The molecule has 2 rings (SSSR count). The minimum Gasteiger partial charge on any atom is -0.312 e. The van der Waals surface area contributed by atoms with E-state index in [1.807, 2.05) is 30.3 Å². The molecule has 0 bridgehead atoms. The van der Waals surface area contributed by atoms with Crippen molar-refractivity contribution in [3.8, 4) is 0 Å². The summed E-state index contributed by atoms with van der Waals surface area (Å²) in [7, 11) is -0.291. The second kappa shape index (κ2) is 6.14. The van der Waals surface area contributed by atoms with Gasteiger partial charge in [0.25, 0.3) is 0 Å². The summed E-state index contributed by atoms with van der Waals surface area (Å²) in [5, 5.41) is 1.61. The lowest BCUT2D eigenvalue weighted by atomic mass is 10.1. The zero-order valence-corrected chi connectivity index (χ0v) is 13.3. The van der Waals surface area contributed by atoms with E-state index >= 15 is 0 Å². The number of nitrogens with zero attached hydrogens (tertiary/aromatic N) is 1. The first-order chi connectivity index (χ1) is 9.11. The number of aromatic nitrogens is 1. The van der Waals surface area contributed by atoms with Crippen molar-refractivity contribution < 1.29 is 13.6 Å². The van der Waals surface area contributed by atoms with Crippen molar-refractivity contribution in [1.29, 1.82) is 0 Å². The van der Waals surface area contributed by atoms with Crippen LogP contribution in [0.1, 0.15) is 11.3 Å². The Morgan fingerprint density at radius 1 is 1.26 bits per heavy atom. The molecule has 2 aromatic rings. The number of pyridine rings is 1. The molecule has 0 saturated carbocycles. The zero-order chi connectivity index (χ0) is 13.9. The standard InChI is InChI=1S/C13H15BrNO3P/c1-17-19(16,18-2)9-11-7-10-5-3-4-6-12(10)15-13(11)8-14/h3-7H,8-9H2,1-2H3. The molecule has 0 aliphatic carbocycles. The van der Waals surface area contributed by atoms with Gasteiger partial charge in [-0.2, -0.15) is 0 Å². The molecular weight excluding hydrogens is 329 g/mol. The number of rotatable bonds is 5. The summed E-state index contributed by atoms with van der Waals surface area (Å²) in [6.07, 6.45) is 0.221. The molecule has 0 aliphatic heterocycles.